The predicted octanol–water partition coefficient (Wildman–Crippen LogP) is 1.44. The van der Waals surface area contributed by atoms with Gasteiger partial charge in [0.1, 0.15) is 0 Å². The number of nitrogens with zero attached hydrogens (tertiary/aromatic N) is 2. The number of rotatable bonds is 8. The molecule has 0 aliphatic carbocycles. The molecule has 6 nitrogen and oxygen atoms in total. The Bertz CT molecular complexity index is 381. The minimum absolute atomic E-state index is 0.277. The van der Waals surface area contributed by atoms with Crippen molar-refractivity contribution in [2.75, 3.05) is 13.1 Å². The molecule has 1 fully saturated rings. The smallest absolute Gasteiger partial charge is 0.313 e. The van der Waals surface area contributed by atoms with Crippen LogP contribution in [-0.4, -0.2) is 52.9 Å². The number of Topliss-reactive ketones (excluding diaryl/α,β-unsaturated/α-hetero) is 1. The number of carbonyl (C=O) groups is 3. The van der Waals surface area contributed by atoms with Crippen LogP contribution in [0.3, 0.4) is 0 Å². The summed E-state index contributed by atoms with van der Waals surface area (Å²) in [6.07, 6.45) is 4.01. The zero-order valence-electron chi connectivity index (χ0n) is 11.5. The molecule has 1 aliphatic rings. The number of nitrogens with one attached hydrogen (secondary N) is 1. The van der Waals surface area contributed by atoms with Crippen molar-refractivity contribution in [1.29, 1.82) is 5.41 Å². The molecule has 0 aromatic carbocycles. The molecule has 3 amide bonds. The highest BCUT2D eigenvalue weighted by Gasteiger charge is 2.46. The quantitative estimate of drug-likeness (QED) is 0.313. The van der Waals surface area contributed by atoms with E-state index in [0.717, 1.165) is 17.7 Å². The lowest BCUT2D eigenvalue weighted by molar-refractivity contribution is -0.134. The minimum Gasteiger partial charge on any atom is -0.313 e. The predicted molar refractivity (Wildman–Crippen MR) is 71.2 cm³/mol. The van der Waals surface area contributed by atoms with Crippen molar-refractivity contribution in [1.82, 2.24) is 9.80 Å². The lowest BCUT2D eigenvalue weighted by Crippen LogP contribution is -2.40. The molecule has 0 spiro atoms. The third kappa shape index (κ3) is 3.39. The third-order valence-corrected chi connectivity index (χ3v) is 3.16. The van der Waals surface area contributed by atoms with Gasteiger partial charge in [-0.1, -0.05) is 13.3 Å². The molecule has 0 radical (unpaired) electrons. The molecule has 106 valence electrons. The Morgan fingerprint density at radius 1 is 1.32 bits per heavy atom. The van der Waals surface area contributed by atoms with E-state index in [1.54, 1.807) is 0 Å². The van der Waals surface area contributed by atoms with Gasteiger partial charge >= 0.3 is 6.03 Å². The molecule has 1 aliphatic heterocycles. The van der Waals surface area contributed by atoms with Crippen LogP contribution in [0, 0.1) is 5.41 Å². The molecule has 0 aromatic heterocycles. The van der Waals surface area contributed by atoms with Gasteiger partial charge in [0.15, 0.2) is 11.8 Å². The van der Waals surface area contributed by atoms with Gasteiger partial charge in [-0.3, -0.25) is 14.5 Å². The average Bonchev–Trinajstić information content (AvgIpc) is 2.60. The normalized spacial score (nSPS) is 19.2. The Morgan fingerprint density at radius 3 is 2.53 bits per heavy atom. The molecule has 0 bridgehead atoms. The van der Waals surface area contributed by atoms with Gasteiger partial charge in [-0.05, 0) is 32.4 Å². The first-order chi connectivity index (χ1) is 9.04. The molecule has 1 unspecified atom stereocenters. The Morgan fingerprint density at radius 2 is 2.00 bits per heavy atom. The molecule has 1 saturated heterocycles. The number of imide groups is 1. The number of hydrogen-bond donors (Lipinski definition) is 1. The molecule has 1 N–H and O–H groups in total. The van der Waals surface area contributed by atoms with Gasteiger partial charge in [-0.2, -0.15) is 0 Å². The van der Waals surface area contributed by atoms with Gasteiger partial charge < -0.3 is 10.3 Å². The summed E-state index contributed by atoms with van der Waals surface area (Å²) in [5.41, 5.74) is 0. The maximum Gasteiger partial charge on any atom is 0.327 e. The van der Waals surface area contributed by atoms with Crippen molar-refractivity contribution < 1.29 is 14.4 Å². The number of hydrogen-bond acceptors (Lipinski definition) is 4. The van der Waals surface area contributed by atoms with E-state index in [1.807, 2.05) is 6.92 Å². The molecule has 1 heterocycles. The Hall–Kier alpha value is -1.72. The fraction of sp³-hybridized carbons (Fsp3) is 0.692. The van der Waals surface area contributed by atoms with Crippen molar-refractivity contribution in [3.05, 3.63) is 0 Å². The zero-order valence-corrected chi connectivity index (χ0v) is 11.5. The topological polar surface area (TPSA) is 81.5 Å². The van der Waals surface area contributed by atoms with E-state index in [4.69, 9.17) is 5.41 Å². The first-order valence-corrected chi connectivity index (χ1v) is 6.66. The van der Waals surface area contributed by atoms with Crippen molar-refractivity contribution in [3.63, 3.8) is 0 Å². The van der Waals surface area contributed by atoms with Crippen LogP contribution < -0.4 is 0 Å². The molecule has 6 heteroatoms. The molecule has 0 aromatic rings. The van der Waals surface area contributed by atoms with E-state index in [9.17, 15) is 14.4 Å². The Balaban J connectivity index is 2.80. The summed E-state index contributed by atoms with van der Waals surface area (Å²) in [6, 6.07) is -1.32. The summed E-state index contributed by atoms with van der Waals surface area (Å²) in [5, 5.41) is 6.94. The van der Waals surface area contributed by atoms with Gasteiger partial charge in [-0.25, -0.2) is 4.79 Å². The second kappa shape index (κ2) is 7.01. The van der Waals surface area contributed by atoms with Crippen LogP contribution in [0.15, 0.2) is 0 Å². The van der Waals surface area contributed by atoms with Gasteiger partial charge in [0.2, 0.25) is 0 Å². The van der Waals surface area contributed by atoms with Crippen LogP contribution in [0.5, 0.6) is 0 Å². The summed E-state index contributed by atoms with van der Waals surface area (Å²) < 4.78 is 0. The van der Waals surface area contributed by atoms with Crippen LogP contribution >= 0.6 is 0 Å². The van der Waals surface area contributed by atoms with Crippen LogP contribution in [0.2, 0.25) is 0 Å². The first-order valence-electron chi connectivity index (χ1n) is 6.66. The zero-order chi connectivity index (χ0) is 14.4. The van der Waals surface area contributed by atoms with E-state index in [0.29, 0.717) is 19.4 Å². The summed E-state index contributed by atoms with van der Waals surface area (Å²) >= 11 is 0. The van der Waals surface area contributed by atoms with Crippen LogP contribution in [0.25, 0.3) is 0 Å². The van der Waals surface area contributed by atoms with Gasteiger partial charge in [0, 0.05) is 13.1 Å². The van der Waals surface area contributed by atoms with Gasteiger partial charge in [0.05, 0.1) is 0 Å². The summed E-state index contributed by atoms with van der Waals surface area (Å²) in [7, 11) is 0. The molecular weight excluding hydrogens is 246 g/mol. The second-order valence-corrected chi connectivity index (χ2v) is 4.68. The highest BCUT2D eigenvalue weighted by molar-refractivity contribution is 6.15. The van der Waals surface area contributed by atoms with E-state index in [-0.39, 0.29) is 18.4 Å². The lowest BCUT2D eigenvalue weighted by Gasteiger charge is -2.19. The molecule has 19 heavy (non-hydrogen) atoms. The van der Waals surface area contributed by atoms with E-state index in [2.05, 4.69) is 0 Å². The maximum atomic E-state index is 12.2. The van der Waals surface area contributed by atoms with Crippen LogP contribution in [0.1, 0.15) is 39.5 Å². The van der Waals surface area contributed by atoms with E-state index < -0.39 is 11.9 Å². The van der Waals surface area contributed by atoms with E-state index >= 15 is 0 Å². The maximum absolute atomic E-state index is 12.2. The number of unbranched alkanes of at least 4 members (excludes halogenated alkanes) is 2. The monoisotopic (exact) mass is 267 g/mol. The summed E-state index contributed by atoms with van der Waals surface area (Å²) in [5.74, 6) is -0.706. The number of amides is 3. The highest BCUT2D eigenvalue weighted by atomic mass is 16.2. The van der Waals surface area contributed by atoms with Crippen molar-refractivity contribution in [2.24, 2.45) is 0 Å². The standard InChI is InChI=1S/C13H21N3O3/c1-3-4-8-15-11(10(2)17)12(18)16(13(15)19)9-6-5-7-14/h7,11,14H,3-6,8-9H2,1-2H3. The molecule has 1 rings (SSSR count). The SMILES string of the molecule is CCCCN1C(=O)N(CCCC=N)C(=O)C1C(C)=O. The molecular formula is C13H21N3O3. The van der Waals surface area contributed by atoms with Gasteiger partial charge in [-0.15, -0.1) is 0 Å². The fourth-order valence-electron chi connectivity index (χ4n) is 2.14. The molecule has 1 atom stereocenters. The molecule has 0 saturated carbocycles. The second-order valence-electron chi connectivity index (χ2n) is 4.68. The Kier molecular flexibility index (Phi) is 5.66. The lowest BCUT2D eigenvalue weighted by atomic mass is 10.1. The van der Waals surface area contributed by atoms with Crippen LogP contribution in [-0.2, 0) is 9.59 Å². The number of ketones is 1. The number of carbonyl (C=O) groups excluding carboxylic acids is 3. The largest absolute Gasteiger partial charge is 0.327 e. The van der Waals surface area contributed by atoms with E-state index in [1.165, 1.54) is 18.0 Å². The minimum atomic E-state index is -0.945. The summed E-state index contributed by atoms with van der Waals surface area (Å²) in [4.78, 5) is 38.4. The average molecular weight is 267 g/mol. The van der Waals surface area contributed by atoms with Crippen molar-refractivity contribution in [3.8, 4) is 0 Å². The highest BCUT2D eigenvalue weighted by Crippen LogP contribution is 2.19. The Labute approximate surface area is 113 Å². The van der Waals surface area contributed by atoms with Crippen molar-refractivity contribution >= 4 is 23.9 Å². The fourth-order valence-corrected chi connectivity index (χ4v) is 2.14. The van der Waals surface area contributed by atoms with Crippen molar-refractivity contribution in [2.45, 2.75) is 45.6 Å². The third-order valence-electron chi connectivity index (χ3n) is 3.16. The summed E-state index contributed by atoms with van der Waals surface area (Å²) in [6.45, 7) is 4.05. The van der Waals surface area contributed by atoms with Crippen LogP contribution in [0.4, 0.5) is 4.79 Å². The first kappa shape index (κ1) is 15.3. The number of urea groups is 1. The van der Waals surface area contributed by atoms with Gasteiger partial charge in [0.25, 0.3) is 5.91 Å².